The van der Waals surface area contributed by atoms with Crippen LogP contribution in [0.4, 0.5) is 0 Å². The van der Waals surface area contributed by atoms with Gasteiger partial charge < -0.3 is 23.4 Å². The molecule has 2 heterocycles. The van der Waals surface area contributed by atoms with Crippen LogP contribution in [0.3, 0.4) is 0 Å². The maximum Gasteiger partial charge on any atom is 0.204 e. The lowest BCUT2D eigenvalue weighted by atomic mass is 10.1. The Labute approximate surface area is 154 Å². The molecule has 138 valence electrons. The number of para-hydroxylation sites is 1. The van der Waals surface area contributed by atoms with E-state index in [2.05, 4.69) is 0 Å². The predicted molar refractivity (Wildman–Crippen MR) is 102 cm³/mol. The molecule has 0 unspecified atom stereocenters. The van der Waals surface area contributed by atoms with Gasteiger partial charge in [-0.3, -0.25) is 4.79 Å². The SMILES string of the molecule is COc1c(OC(C)C)cc2oc(-c3coc4ccccc34)cc(=O)c2c1O. The van der Waals surface area contributed by atoms with Gasteiger partial charge in [0.1, 0.15) is 28.6 Å². The van der Waals surface area contributed by atoms with Crippen LogP contribution in [-0.2, 0) is 0 Å². The largest absolute Gasteiger partial charge is 0.504 e. The van der Waals surface area contributed by atoms with Crippen molar-refractivity contribution in [3.05, 3.63) is 52.9 Å². The first-order valence-electron chi connectivity index (χ1n) is 8.50. The van der Waals surface area contributed by atoms with Gasteiger partial charge in [0.15, 0.2) is 16.9 Å². The Morgan fingerprint density at radius 1 is 1.11 bits per heavy atom. The van der Waals surface area contributed by atoms with Crippen LogP contribution < -0.4 is 14.9 Å². The zero-order chi connectivity index (χ0) is 19.1. The fourth-order valence-corrected chi connectivity index (χ4v) is 3.10. The van der Waals surface area contributed by atoms with E-state index in [1.165, 1.54) is 13.2 Å². The average Bonchev–Trinajstić information content (AvgIpc) is 3.05. The second-order valence-corrected chi connectivity index (χ2v) is 6.42. The molecule has 0 aliphatic carbocycles. The van der Waals surface area contributed by atoms with Crippen molar-refractivity contribution in [2.75, 3.05) is 7.11 Å². The third-order valence-electron chi connectivity index (χ3n) is 4.23. The fourth-order valence-electron chi connectivity index (χ4n) is 3.10. The summed E-state index contributed by atoms with van der Waals surface area (Å²) in [5, 5.41) is 11.4. The van der Waals surface area contributed by atoms with Crippen molar-refractivity contribution in [3.8, 4) is 28.6 Å². The number of phenols is 1. The van der Waals surface area contributed by atoms with Gasteiger partial charge in [-0.05, 0) is 19.9 Å². The Balaban J connectivity index is 1.99. The number of fused-ring (bicyclic) bond motifs is 2. The van der Waals surface area contributed by atoms with Crippen molar-refractivity contribution in [2.45, 2.75) is 20.0 Å². The maximum atomic E-state index is 12.7. The molecule has 2 aromatic heterocycles. The molecule has 4 rings (SSSR count). The predicted octanol–water partition coefficient (Wildman–Crippen LogP) is 4.71. The Morgan fingerprint density at radius 2 is 1.89 bits per heavy atom. The number of aromatic hydroxyl groups is 1. The normalized spacial score (nSPS) is 11.4. The highest BCUT2D eigenvalue weighted by Crippen LogP contribution is 2.43. The summed E-state index contributed by atoms with van der Waals surface area (Å²) >= 11 is 0. The topological polar surface area (TPSA) is 82.0 Å². The molecule has 0 amide bonds. The van der Waals surface area contributed by atoms with E-state index in [1.54, 1.807) is 12.3 Å². The van der Waals surface area contributed by atoms with Gasteiger partial charge in [0.05, 0.1) is 18.8 Å². The summed E-state index contributed by atoms with van der Waals surface area (Å²) in [7, 11) is 1.40. The molecule has 1 N–H and O–H groups in total. The van der Waals surface area contributed by atoms with Crippen molar-refractivity contribution in [1.82, 2.24) is 0 Å². The third-order valence-corrected chi connectivity index (χ3v) is 4.23. The molecular weight excluding hydrogens is 348 g/mol. The molecule has 0 bridgehead atoms. The van der Waals surface area contributed by atoms with E-state index in [-0.39, 0.29) is 34.0 Å². The Hall–Kier alpha value is -3.41. The van der Waals surface area contributed by atoms with Gasteiger partial charge in [0, 0.05) is 17.5 Å². The van der Waals surface area contributed by atoms with Crippen LogP contribution in [0.2, 0.25) is 0 Å². The smallest absolute Gasteiger partial charge is 0.204 e. The number of benzene rings is 2. The molecule has 0 spiro atoms. The number of hydrogen-bond donors (Lipinski definition) is 1. The molecule has 0 atom stereocenters. The van der Waals surface area contributed by atoms with E-state index in [9.17, 15) is 9.90 Å². The van der Waals surface area contributed by atoms with Crippen molar-refractivity contribution < 1.29 is 23.4 Å². The van der Waals surface area contributed by atoms with Crippen molar-refractivity contribution >= 4 is 21.9 Å². The van der Waals surface area contributed by atoms with Crippen LogP contribution in [0.25, 0.3) is 33.3 Å². The van der Waals surface area contributed by atoms with Gasteiger partial charge >= 0.3 is 0 Å². The number of ether oxygens (including phenoxy) is 2. The van der Waals surface area contributed by atoms with Crippen LogP contribution in [0, 0.1) is 0 Å². The molecule has 27 heavy (non-hydrogen) atoms. The van der Waals surface area contributed by atoms with E-state index in [0.717, 1.165) is 5.39 Å². The minimum absolute atomic E-state index is 0.0412. The summed E-state index contributed by atoms with van der Waals surface area (Å²) < 4.78 is 22.4. The quantitative estimate of drug-likeness (QED) is 0.563. The number of rotatable bonds is 4. The first kappa shape index (κ1) is 17.0. The summed E-state index contributed by atoms with van der Waals surface area (Å²) in [5.41, 5.74) is 1.17. The Morgan fingerprint density at radius 3 is 2.63 bits per heavy atom. The molecule has 0 aliphatic rings. The Bertz CT molecular complexity index is 1200. The lowest BCUT2D eigenvalue weighted by Crippen LogP contribution is -2.08. The minimum atomic E-state index is -0.386. The first-order valence-corrected chi connectivity index (χ1v) is 8.50. The van der Waals surface area contributed by atoms with E-state index >= 15 is 0 Å². The van der Waals surface area contributed by atoms with Crippen LogP contribution >= 0.6 is 0 Å². The summed E-state index contributed by atoms with van der Waals surface area (Å²) in [5.74, 6) is 0.445. The molecular formula is C21H18O6. The highest BCUT2D eigenvalue weighted by atomic mass is 16.5. The summed E-state index contributed by atoms with van der Waals surface area (Å²) in [4.78, 5) is 12.7. The van der Waals surface area contributed by atoms with Crippen molar-refractivity contribution in [1.29, 1.82) is 0 Å². The van der Waals surface area contributed by atoms with Crippen molar-refractivity contribution in [2.24, 2.45) is 0 Å². The second-order valence-electron chi connectivity index (χ2n) is 6.42. The summed E-state index contributed by atoms with van der Waals surface area (Å²) in [6.45, 7) is 3.70. The third kappa shape index (κ3) is 2.79. The molecule has 6 heteroatoms. The summed E-state index contributed by atoms with van der Waals surface area (Å²) in [6.07, 6.45) is 1.40. The molecule has 0 saturated heterocycles. The molecule has 6 nitrogen and oxygen atoms in total. The highest BCUT2D eigenvalue weighted by Gasteiger charge is 2.21. The van der Waals surface area contributed by atoms with E-state index in [0.29, 0.717) is 22.7 Å². The van der Waals surface area contributed by atoms with Crippen LogP contribution in [-0.4, -0.2) is 18.3 Å². The van der Waals surface area contributed by atoms with Crippen molar-refractivity contribution in [3.63, 3.8) is 0 Å². The first-order chi connectivity index (χ1) is 13.0. The van der Waals surface area contributed by atoms with Gasteiger partial charge in [-0.25, -0.2) is 0 Å². The van der Waals surface area contributed by atoms with Gasteiger partial charge in [0.25, 0.3) is 0 Å². The Kier molecular flexibility index (Phi) is 4.03. The second kappa shape index (κ2) is 6.39. The zero-order valence-corrected chi connectivity index (χ0v) is 15.1. The minimum Gasteiger partial charge on any atom is -0.504 e. The maximum absolute atomic E-state index is 12.7. The average molecular weight is 366 g/mol. The van der Waals surface area contributed by atoms with E-state index < -0.39 is 0 Å². The lowest BCUT2D eigenvalue weighted by Gasteiger charge is -2.15. The highest BCUT2D eigenvalue weighted by molar-refractivity contribution is 5.94. The standard InChI is InChI=1S/C21H18O6/c1-11(2)26-18-9-17-19(20(23)21(18)24-3)14(22)8-16(27-17)13-10-25-15-7-5-4-6-12(13)15/h4-11,23H,1-3H3. The molecule has 4 aromatic rings. The molecule has 0 saturated carbocycles. The fraction of sp³-hybridized carbons (Fsp3) is 0.190. The number of hydrogen-bond acceptors (Lipinski definition) is 6. The molecule has 0 aliphatic heterocycles. The van der Waals surface area contributed by atoms with Crippen LogP contribution in [0.5, 0.6) is 17.2 Å². The van der Waals surface area contributed by atoms with Gasteiger partial charge in [0.2, 0.25) is 5.75 Å². The van der Waals surface area contributed by atoms with Gasteiger partial charge in [-0.2, -0.15) is 0 Å². The van der Waals surface area contributed by atoms with E-state index in [1.807, 2.05) is 38.1 Å². The van der Waals surface area contributed by atoms with Crippen LogP contribution in [0.1, 0.15) is 13.8 Å². The number of methoxy groups -OCH3 is 1. The van der Waals surface area contributed by atoms with Gasteiger partial charge in [-0.1, -0.05) is 18.2 Å². The zero-order valence-electron chi connectivity index (χ0n) is 15.1. The summed E-state index contributed by atoms with van der Waals surface area (Å²) in [6, 6.07) is 10.4. The molecule has 0 fully saturated rings. The lowest BCUT2D eigenvalue weighted by molar-refractivity contribution is 0.227. The van der Waals surface area contributed by atoms with Crippen LogP contribution in [0.15, 0.2) is 56.3 Å². The molecule has 2 aromatic carbocycles. The van der Waals surface area contributed by atoms with E-state index in [4.69, 9.17) is 18.3 Å². The molecule has 0 radical (unpaired) electrons. The number of furan rings is 1. The number of phenolic OH excluding ortho intramolecular Hbond substituents is 1. The monoisotopic (exact) mass is 366 g/mol. The van der Waals surface area contributed by atoms with Gasteiger partial charge in [-0.15, -0.1) is 0 Å².